The molecular weight excluding hydrogens is 322 g/mol. The zero-order chi connectivity index (χ0) is 17.4. The van der Waals surface area contributed by atoms with Gasteiger partial charge in [-0.25, -0.2) is 9.69 Å². The molecule has 128 valence electrons. The van der Waals surface area contributed by atoms with E-state index in [1.807, 2.05) is 6.07 Å². The summed E-state index contributed by atoms with van der Waals surface area (Å²) < 4.78 is 5.08. The molecule has 0 saturated carbocycles. The lowest BCUT2D eigenvalue weighted by Gasteiger charge is -2.32. The van der Waals surface area contributed by atoms with E-state index in [0.717, 1.165) is 0 Å². The Kier molecular flexibility index (Phi) is 3.76. The molecule has 0 radical (unpaired) electrons. The normalized spacial score (nSPS) is 22.9. The highest BCUT2D eigenvalue weighted by atomic mass is 16.3. The zero-order valence-electron chi connectivity index (χ0n) is 13.4. The van der Waals surface area contributed by atoms with E-state index in [2.05, 4.69) is 5.32 Å². The average Bonchev–Trinajstić information content (AvgIpc) is 3.24. The molecule has 2 fully saturated rings. The Morgan fingerprint density at radius 1 is 1.12 bits per heavy atom. The Hall–Kier alpha value is -3.09. The lowest BCUT2D eigenvalue weighted by molar-refractivity contribution is -0.120. The molecule has 2 aromatic rings. The molecule has 3 heterocycles. The Bertz CT molecular complexity index is 803. The number of rotatable bonds is 3. The first-order chi connectivity index (χ1) is 12.1. The van der Waals surface area contributed by atoms with Crippen molar-refractivity contribution in [2.24, 2.45) is 0 Å². The number of imide groups is 1. The number of urea groups is 1. The molecule has 2 aliphatic rings. The largest absolute Gasteiger partial charge is 0.459 e. The van der Waals surface area contributed by atoms with Crippen LogP contribution in [-0.4, -0.2) is 41.4 Å². The van der Waals surface area contributed by atoms with Crippen molar-refractivity contribution in [3.8, 4) is 0 Å². The van der Waals surface area contributed by atoms with Crippen molar-refractivity contribution < 1.29 is 18.8 Å². The van der Waals surface area contributed by atoms with Crippen molar-refractivity contribution in [3.05, 3.63) is 54.5 Å². The van der Waals surface area contributed by atoms with Crippen LogP contribution in [0.25, 0.3) is 0 Å². The SMILES string of the molecule is O=C(N[C@H]1CCN2C(=O)N(c3ccccc3)C(=O)[C@@H]2C1)c1ccco1. The van der Waals surface area contributed by atoms with E-state index >= 15 is 0 Å². The highest BCUT2D eigenvalue weighted by Crippen LogP contribution is 2.30. The van der Waals surface area contributed by atoms with Crippen molar-refractivity contribution in [1.29, 1.82) is 0 Å². The minimum atomic E-state index is -0.539. The van der Waals surface area contributed by atoms with Crippen molar-refractivity contribution in [3.63, 3.8) is 0 Å². The predicted molar refractivity (Wildman–Crippen MR) is 89.0 cm³/mol. The Morgan fingerprint density at radius 3 is 2.64 bits per heavy atom. The second-order valence-corrected chi connectivity index (χ2v) is 6.17. The van der Waals surface area contributed by atoms with Crippen LogP contribution >= 0.6 is 0 Å². The van der Waals surface area contributed by atoms with Crippen LogP contribution in [0.4, 0.5) is 10.5 Å². The van der Waals surface area contributed by atoms with Crippen molar-refractivity contribution >= 4 is 23.5 Å². The number of amides is 4. The fourth-order valence-electron chi connectivity index (χ4n) is 3.41. The van der Waals surface area contributed by atoms with Crippen LogP contribution in [-0.2, 0) is 4.79 Å². The number of piperidine rings is 1. The van der Waals surface area contributed by atoms with Gasteiger partial charge < -0.3 is 14.6 Å². The summed E-state index contributed by atoms with van der Waals surface area (Å²) in [6.45, 7) is 0.432. The van der Waals surface area contributed by atoms with E-state index in [1.54, 1.807) is 41.3 Å². The molecule has 2 aliphatic heterocycles. The summed E-state index contributed by atoms with van der Waals surface area (Å²) in [6.07, 6.45) is 2.44. The standard InChI is InChI=1S/C18H17N3O4/c22-16(15-7-4-10-25-15)19-12-8-9-20-14(11-12)17(23)21(18(20)24)13-5-2-1-3-6-13/h1-7,10,12,14H,8-9,11H2,(H,19,22)/t12-,14-/m0/s1. The fraction of sp³-hybridized carbons (Fsp3) is 0.278. The Labute approximate surface area is 144 Å². The van der Waals surface area contributed by atoms with Gasteiger partial charge in [0.2, 0.25) is 0 Å². The van der Waals surface area contributed by atoms with Crippen LogP contribution in [0.2, 0.25) is 0 Å². The van der Waals surface area contributed by atoms with Crippen LogP contribution in [0.3, 0.4) is 0 Å². The number of hydrogen-bond donors (Lipinski definition) is 1. The minimum absolute atomic E-state index is 0.175. The number of carbonyl (C=O) groups is 3. The van der Waals surface area contributed by atoms with E-state index in [0.29, 0.717) is 25.1 Å². The van der Waals surface area contributed by atoms with Gasteiger partial charge in [0.05, 0.1) is 12.0 Å². The molecule has 4 rings (SSSR count). The molecule has 7 heteroatoms. The van der Waals surface area contributed by atoms with Gasteiger partial charge in [-0.3, -0.25) is 9.59 Å². The molecule has 2 atom stereocenters. The van der Waals surface area contributed by atoms with Crippen LogP contribution in [0.5, 0.6) is 0 Å². The third kappa shape index (κ3) is 2.67. The maximum atomic E-state index is 12.7. The van der Waals surface area contributed by atoms with E-state index in [4.69, 9.17) is 4.42 Å². The second kappa shape index (κ2) is 6.08. The van der Waals surface area contributed by atoms with Crippen LogP contribution in [0.1, 0.15) is 23.4 Å². The number of benzene rings is 1. The lowest BCUT2D eigenvalue weighted by atomic mass is 9.98. The maximum absolute atomic E-state index is 12.7. The van der Waals surface area contributed by atoms with Gasteiger partial charge in [-0.15, -0.1) is 0 Å². The number of carbonyl (C=O) groups excluding carboxylic acids is 3. The minimum Gasteiger partial charge on any atom is -0.459 e. The van der Waals surface area contributed by atoms with Crippen molar-refractivity contribution in [2.45, 2.75) is 24.9 Å². The first-order valence-corrected chi connectivity index (χ1v) is 8.19. The summed E-state index contributed by atoms with van der Waals surface area (Å²) in [5, 5.41) is 2.88. The van der Waals surface area contributed by atoms with Crippen LogP contribution in [0, 0.1) is 0 Å². The molecule has 2 saturated heterocycles. The van der Waals surface area contributed by atoms with Gasteiger partial charge in [-0.1, -0.05) is 18.2 Å². The smallest absolute Gasteiger partial charge is 0.332 e. The number of hydrogen-bond acceptors (Lipinski definition) is 4. The van der Waals surface area contributed by atoms with Gasteiger partial charge in [0.1, 0.15) is 6.04 Å². The first-order valence-electron chi connectivity index (χ1n) is 8.19. The third-order valence-electron chi connectivity index (χ3n) is 4.64. The van der Waals surface area contributed by atoms with Gasteiger partial charge >= 0.3 is 6.03 Å². The van der Waals surface area contributed by atoms with E-state index in [9.17, 15) is 14.4 Å². The fourth-order valence-corrected chi connectivity index (χ4v) is 3.41. The van der Waals surface area contributed by atoms with Gasteiger partial charge in [0.25, 0.3) is 11.8 Å². The van der Waals surface area contributed by atoms with Gasteiger partial charge in [-0.05, 0) is 37.1 Å². The van der Waals surface area contributed by atoms with Gasteiger partial charge in [0.15, 0.2) is 5.76 Å². The Morgan fingerprint density at radius 2 is 1.92 bits per heavy atom. The maximum Gasteiger partial charge on any atom is 0.332 e. The van der Waals surface area contributed by atoms with E-state index in [1.165, 1.54) is 11.2 Å². The molecule has 7 nitrogen and oxygen atoms in total. The lowest BCUT2D eigenvalue weighted by Crippen LogP contribution is -2.49. The van der Waals surface area contributed by atoms with E-state index < -0.39 is 6.04 Å². The number of fused-ring (bicyclic) bond motifs is 1. The second-order valence-electron chi connectivity index (χ2n) is 6.17. The quantitative estimate of drug-likeness (QED) is 0.867. The molecule has 1 aromatic carbocycles. The van der Waals surface area contributed by atoms with Gasteiger partial charge in [-0.2, -0.15) is 0 Å². The van der Waals surface area contributed by atoms with Crippen LogP contribution < -0.4 is 10.2 Å². The summed E-state index contributed by atoms with van der Waals surface area (Å²) in [7, 11) is 0. The Balaban J connectivity index is 1.49. The summed E-state index contributed by atoms with van der Waals surface area (Å²) in [4.78, 5) is 40.3. The summed E-state index contributed by atoms with van der Waals surface area (Å²) >= 11 is 0. The van der Waals surface area contributed by atoms with Crippen molar-refractivity contribution in [2.75, 3.05) is 11.4 Å². The molecule has 0 spiro atoms. The third-order valence-corrected chi connectivity index (χ3v) is 4.64. The molecule has 25 heavy (non-hydrogen) atoms. The summed E-state index contributed by atoms with van der Waals surface area (Å²) in [6, 6.07) is 11.1. The van der Waals surface area contributed by atoms with Crippen molar-refractivity contribution in [1.82, 2.24) is 10.2 Å². The summed E-state index contributed by atoms with van der Waals surface area (Å²) in [5.41, 5.74) is 0.572. The van der Waals surface area contributed by atoms with Gasteiger partial charge in [0, 0.05) is 12.6 Å². The number of anilines is 1. The molecular formula is C18H17N3O4. The molecule has 1 aromatic heterocycles. The highest BCUT2D eigenvalue weighted by Gasteiger charge is 2.48. The highest BCUT2D eigenvalue weighted by molar-refractivity contribution is 6.21. The number of furan rings is 1. The summed E-state index contributed by atoms with van der Waals surface area (Å²) in [5.74, 6) is -0.310. The van der Waals surface area contributed by atoms with E-state index in [-0.39, 0.29) is 29.6 Å². The first kappa shape index (κ1) is 15.4. The molecule has 0 aliphatic carbocycles. The predicted octanol–water partition coefficient (Wildman–Crippen LogP) is 2.01. The average molecular weight is 339 g/mol. The molecule has 4 amide bonds. The van der Waals surface area contributed by atoms with Crippen LogP contribution in [0.15, 0.2) is 53.1 Å². The number of nitrogens with one attached hydrogen (secondary N) is 1. The molecule has 0 bridgehead atoms. The zero-order valence-corrected chi connectivity index (χ0v) is 13.4. The topological polar surface area (TPSA) is 82.9 Å². The molecule has 1 N–H and O–H groups in total. The molecule has 0 unspecified atom stereocenters. The monoisotopic (exact) mass is 339 g/mol. The number of nitrogens with zero attached hydrogens (tertiary/aromatic N) is 2. The number of para-hydroxylation sites is 1.